The topological polar surface area (TPSA) is 35.9 Å². The summed E-state index contributed by atoms with van der Waals surface area (Å²) < 4.78 is 5.65. The molecule has 4 heteroatoms. The van der Waals surface area contributed by atoms with Crippen molar-refractivity contribution < 1.29 is 9.84 Å². The molecule has 1 aliphatic carbocycles. The molecule has 0 spiro atoms. The SMILES string of the molecule is CCN(C)CC(C)(C)c1ccc(CN(CC)c2cc(OC)ccc2[C@@H]2CCc3cc(O)ccc3C2)cc1. The van der Waals surface area contributed by atoms with Gasteiger partial charge in [0.15, 0.2) is 0 Å². The Morgan fingerprint density at radius 2 is 1.70 bits per heavy atom. The summed E-state index contributed by atoms with van der Waals surface area (Å²) >= 11 is 0. The maximum Gasteiger partial charge on any atom is 0.120 e. The van der Waals surface area contributed by atoms with Crippen LogP contribution in [0.1, 0.15) is 67.9 Å². The lowest BCUT2D eigenvalue weighted by atomic mass is 9.79. The van der Waals surface area contributed by atoms with E-state index in [1.165, 1.54) is 33.5 Å². The van der Waals surface area contributed by atoms with Crippen LogP contribution in [0, 0.1) is 0 Å². The van der Waals surface area contributed by atoms with Gasteiger partial charge in [0.2, 0.25) is 0 Å². The number of phenols is 1. The van der Waals surface area contributed by atoms with Gasteiger partial charge in [-0.1, -0.05) is 57.2 Å². The monoisotopic (exact) mass is 500 g/mol. The number of fused-ring (bicyclic) bond motifs is 1. The van der Waals surface area contributed by atoms with E-state index in [4.69, 9.17) is 4.74 Å². The maximum absolute atomic E-state index is 9.91. The summed E-state index contributed by atoms with van der Waals surface area (Å²) in [7, 11) is 3.94. The van der Waals surface area contributed by atoms with E-state index in [1.807, 2.05) is 12.1 Å². The molecule has 0 radical (unpaired) electrons. The number of nitrogens with zero attached hydrogens (tertiary/aromatic N) is 2. The van der Waals surface area contributed by atoms with Gasteiger partial charge in [0.05, 0.1) is 7.11 Å². The second kappa shape index (κ2) is 11.6. The van der Waals surface area contributed by atoms with Crippen LogP contribution in [0.4, 0.5) is 5.69 Å². The molecule has 0 bridgehead atoms. The van der Waals surface area contributed by atoms with Crippen LogP contribution in [0.25, 0.3) is 0 Å². The average Bonchev–Trinajstić information content (AvgIpc) is 2.91. The summed E-state index contributed by atoms with van der Waals surface area (Å²) in [6.45, 7) is 13.0. The first-order valence-corrected chi connectivity index (χ1v) is 13.8. The molecule has 4 rings (SSSR count). The smallest absolute Gasteiger partial charge is 0.120 e. The first kappa shape index (κ1) is 27.1. The highest BCUT2D eigenvalue weighted by Gasteiger charge is 2.25. The number of anilines is 1. The zero-order valence-electron chi connectivity index (χ0n) is 23.6. The third-order valence-corrected chi connectivity index (χ3v) is 8.13. The van der Waals surface area contributed by atoms with Crippen molar-refractivity contribution in [1.82, 2.24) is 4.90 Å². The summed E-state index contributed by atoms with van der Waals surface area (Å²) in [6.07, 6.45) is 3.09. The lowest BCUT2D eigenvalue weighted by molar-refractivity contribution is 0.280. The Kier molecular flexibility index (Phi) is 8.49. The van der Waals surface area contributed by atoms with E-state index < -0.39 is 0 Å². The quantitative estimate of drug-likeness (QED) is 0.327. The third-order valence-electron chi connectivity index (χ3n) is 8.13. The molecular formula is C33H44N2O2. The number of aryl methyl sites for hydroxylation is 1. The van der Waals surface area contributed by atoms with Crippen molar-refractivity contribution in [3.8, 4) is 11.5 Å². The van der Waals surface area contributed by atoms with Crippen molar-refractivity contribution in [3.05, 3.63) is 88.5 Å². The number of methoxy groups -OCH3 is 1. The number of ether oxygens (including phenoxy) is 1. The second-order valence-corrected chi connectivity index (χ2v) is 11.2. The highest BCUT2D eigenvalue weighted by Crippen LogP contribution is 2.40. The van der Waals surface area contributed by atoms with Gasteiger partial charge in [-0.2, -0.15) is 0 Å². The molecule has 37 heavy (non-hydrogen) atoms. The van der Waals surface area contributed by atoms with Crippen LogP contribution < -0.4 is 9.64 Å². The Labute approximate surface area is 223 Å². The van der Waals surface area contributed by atoms with Crippen molar-refractivity contribution in [2.45, 2.75) is 64.8 Å². The summed E-state index contributed by atoms with van der Waals surface area (Å²) in [5.74, 6) is 1.72. The summed E-state index contributed by atoms with van der Waals surface area (Å²) in [5.41, 5.74) is 8.11. The zero-order valence-corrected chi connectivity index (χ0v) is 23.6. The van der Waals surface area contributed by atoms with Crippen molar-refractivity contribution in [2.75, 3.05) is 38.7 Å². The number of rotatable bonds is 10. The van der Waals surface area contributed by atoms with E-state index in [0.29, 0.717) is 11.7 Å². The number of hydrogen-bond acceptors (Lipinski definition) is 4. The van der Waals surface area contributed by atoms with Crippen LogP contribution in [0.15, 0.2) is 60.7 Å². The van der Waals surface area contributed by atoms with Crippen molar-refractivity contribution >= 4 is 5.69 Å². The molecule has 1 atom stereocenters. The Bertz CT molecular complexity index is 1190. The third kappa shape index (κ3) is 6.30. The summed E-state index contributed by atoms with van der Waals surface area (Å²) in [5, 5.41) is 9.91. The van der Waals surface area contributed by atoms with Gasteiger partial charge in [0.1, 0.15) is 11.5 Å². The van der Waals surface area contributed by atoms with E-state index in [2.05, 4.69) is 93.1 Å². The fourth-order valence-electron chi connectivity index (χ4n) is 5.80. The molecule has 0 fully saturated rings. The predicted octanol–water partition coefficient (Wildman–Crippen LogP) is 6.93. The van der Waals surface area contributed by atoms with E-state index in [0.717, 1.165) is 51.2 Å². The largest absolute Gasteiger partial charge is 0.508 e. The van der Waals surface area contributed by atoms with Crippen molar-refractivity contribution in [3.63, 3.8) is 0 Å². The number of benzene rings is 3. The number of likely N-dealkylation sites (N-methyl/N-ethyl adjacent to an activating group) is 1. The standard InChI is InChI=1S/C33H44N2O2/c1-7-34(5)23-33(3,4)28-14-9-24(10-15-28)22-35(8-2)32-21-30(37-6)17-18-31(32)27-12-11-26-20-29(36)16-13-25(26)19-27/h9-10,13-18,20-21,27,36H,7-8,11-12,19,22-23H2,1-6H3/t27-/m1/s1. The Morgan fingerprint density at radius 1 is 0.946 bits per heavy atom. The van der Waals surface area contributed by atoms with Gasteiger partial charge in [0, 0.05) is 36.8 Å². The molecule has 3 aromatic rings. The highest BCUT2D eigenvalue weighted by molar-refractivity contribution is 5.60. The molecule has 4 nitrogen and oxygen atoms in total. The molecule has 0 heterocycles. The molecule has 0 aromatic heterocycles. The number of hydrogen-bond donors (Lipinski definition) is 1. The molecular weight excluding hydrogens is 456 g/mol. The maximum atomic E-state index is 9.91. The lowest BCUT2D eigenvalue weighted by Crippen LogP contribution is -2.34. The minimum Gasteiger partial charge on any atom is -0.508 e. The minimum atomic E-state index is 0.113. The van der Waals surface area contributed by atoms with Gasteiger partial charge in [-0.25, -0.2) is 0 Å². The van der Waals surface area contributed by atoms with Gasteiger partial charge in [-0.3, -0.25) is 0 Å². The van der Waals surface area contributed by atoms with Crippen LogP contribution in [0.5, 0.6) is 11.5 Å². The molecule has 1 N–H and O–H groups in total. The Balaban J connectivity index is 1.58. The van der Waals surface area contributed by atoms with Gasteiger partial charge in [-0.15, -0.1) is 0 Å². The van der Waals surface area contributed by atoms with Gasteiger partial charge < -0.3 is 19.6 Å². The molecule has 0 unspecified atom stereocenters. The normalized spacial score (nSPS) is 15.5. The summed E-state index contributed by atoms with van der Waals surface area (Å²) in [4.78, 5) is 4.86. The van der Waals surface area contributed by atoms with Crippen LogP contribution in [-0.2, 0) is 24.8 Å². The van der Waals surface area contributed by atoms with Crippen molar-refractivity contribution in [1.29, 1.82) is 0 Å². The molecule has 0 aliphatic heterocycles. The zero-order chi connectivity index (χ0) is 26.6. The van der Waals surface area contributed by atoms with Crippen LogP contribution in [0.3, 0.4) is 0 Å². The fraction of sp³-hybridized carbons (Fsp3) is 0.455. The fourth-order valence-corrected chi connectivity index (χ4v) is 5.80. The second-order valence-electron chi connectivity index (χ2n) is 11.2. The molecule has 0 amide bonds. The van der Waals surface area contributed by atoms with E-state index in [-0.39, 0.29) is 5.41 Å². The molecule has 0 saturated carbocycles. The van der Waals surface area contributed by atoms with E-state index >= 15 is 0 Å². The number of phenolic OH excluding ortho intramolecular Hbond substituents is 1. The molecule has 198 valence electrons. The van der Waals surface area contributed by atoms with Crippen molar-refractivity contribution in [2.24, 2.45) is 0 Å². The molecule has 0 saturated heterocycles. The van der Waals surface area contributed by atoms with Crippen LogP contribution in [-0.4, -0.2) is 43.8 Å². The van der Waals surface area contributed by atoms with Crippen LogP contribution >= 0.6 is 0 Å². The lowest BCUT2D eigenvalue weighted by Gasteiger charge is -2.32. The molecule has 3 aromatic carbocycles. The minimum absolute atomic E-state index is 0.113. The van der Waals surface area contributed by atoms with Gasteiger partial charge in [-0.05, 0) is 91.7 Å². The van der Waals surface area contributed by atoms with E-state index in [1.54, 1.807) is 7.11 Å². The van der Waals surface area contributed by atoms with Gasteiger partial charge in [0.25, 0.3) is 0 Å². The Morgan fingerprint density at radius 3 is 2.38 bits per heavy atom. The first-order chi connectivity index (χ1) is 17.7. The van der Waals surface area contributed by atoms with Crippen LogP contribution in [0.2, 0.25) is 0 Å². The highest BCUT2D eigenvalue weighted by atomic mass is 16.5. The van der Waals surface area contributed by atoms with E-state index in [9.17, 15) is 5.11 Å². The van der Waals surface area contributed by atoms with Gasteiger partial charge >= 0.3 is 0 Å². The Hall–Kier alpha value is -2.98. The number of aromatic hydroxyl groups is 1. The average molecular weight is 501 g/mol. The first-order valence-electron chi connectivity index (χ1n) is 13.8. The molecule has 1 aliphatic rings. The predicted molar refractivity (Wildman–Crippen MR) is 155 cm³/mol. The summed E-state index contributed by atoms with van der Waals surface area (Å²) in [6, 6.07) is 21.7.